The smallest absolute Gasteiger partial charge is 0.239 e. The van der Waals surface area contributed by atoms with Gasteiger partial charge in [-0.2, -0.15) is 0 Å². The Bertz CT molecular complexity index is 896. The predicted octanol–water partition coefficient (Wildman–Crippen LogP) is 4.02. The topological polar surface area (TPSA) is 76.7 Å². The van der Waals surface area contributed by atoms with Crippen LogP contribution in [0.3, 0.4) is 0 Å². The Morgan fingerprint density at radius 2 is 1.48 bits per heavy atom. The molecule has 0 atom stereocenters. The molecule has 0 bridgehead atoms. The number of ether oxygens (including phenoxy) is 2. The van der Waals surface area contributed by atoms with E-state index in [4.69, 9.17) is 21.1 Å². The molecule has 0 aromatic heterocycles. The van der Waals surface area contributed by atoms with Crippen molar-refractivity contribution in [1.82, 2.24) is 0 Å². The van der Waals surface area contributed by atoms with Crippen molar-refractivity contribution >= 4 is 34.8 Å². The normalized spacial score (nSPS) is 13.0. The maximum absolute atomic E-state index is 12.7. The standard InChI is InChI=1S/C20H21ClN2O4/c1-12-4-5-13(10-15(12)21)22-18(24)20(2,3)19(25)23-14-6-7-16-17(11-14)27-9-8-26-16/h4-7,10-11H,8-9H2,1-3H3,(H,22,24)(H,23,25). The van der Waals surface area contributed by atoms with Crippen molar-refractivity contribution in [3.63, 3.8) is 0 Å². The minimum atomic E-state index is -1.30. The highest BCUT2D eigenvalue weighted by atomic mass is 35.5. The lowest BCUT2D eigenvalue weighted by Gasteiger charge is -2.24. The van der Waals surface area contributed by atoms with Crippen molar-refractivity contribution in [2.45, 2.75) is 20.8 Å². The molecule has 6 nitrogen and oxygen atoms in total. The molecular formula is C20H21ClN2O4. The number of anilines is 2. The third kappa shape index (κ3) is 4.17. The van der Waals surface area contributed by atoms with Gasteiger partial charge in [-0.05, 0) is 50.6 Å². The Labute approximate surface area is 162 Å². The zero-order valence-corrected chi connectivity index (χ0v) is 16.1. The van der Waals surface area contributed by atoms with E-state index in [1.165, 1.54) is 0 Å². The molecule has 1 aliphatic heterocycles. The Kier molecular flexibility index (Phi) is 5.28. The van der Waals surface area contributed by atoms with E-state index in [-0.39, 0.29) is 0 Å². The second kappa shape index (κ2) is 7.48. The molecule has 7 heteroatoms. The van der Waals surface area contributed by atoms with E-state index in [0.717, 1.165) is 5.56 Å². The fraction of sp³-hybridized carbons (Fsp3) is 0.300. The van der Waals surface area contributed by atoms with Crippen LogP contribution in [0.4, 0.5) is 11.4 Å². The minimum Gasteiger partial charge on any atom is -0.486 e. The van der Waals surface area contributed by atoms with Gasteiger partial charge in [-0.25, -0.2) is 0 Å². The van der Waals surface area contributed by atoms with Crippen LogP contribution < -0.4 is 20.1 Å². The second-order valence-corrected chi connectivity index (χ2v) is 7.26. The van der Waals surface area contributed by atoms with Crippen molar-refractivity contribution in [3.05, 3.63) is 47.0 Å². The molecule has 0 saturated carbocycles. The van der Waals surface area contributed by atoms with Gasteiger partial charge in [0.05, 0.1) is 0 Å². The van der Waals surface area contributed by atoms with Crippen LogP contribution in [-0.2, 0) is 9.59 Å². The van der Waals surface area contributed by atoms with Gasteiger partial charge in [-0.3, -0.25) is 9.59 Å². The summed E-state index contributed by atoms with van der Waals surface area (Å²) in [5.41, 5.74) is 0.675. The first kappa shape index (κ1) is 19.0. The number of aryl methyl sites for hydroxylation is 1. The molecule has 3 rings (SSSR count). The Balaban J connectivity index is 1.70. The fourth-order valence-electron chi connectivity index (χ4n) is 2.47. The number of benzene rings is 2. The first-order valence-corrected chi connectivity index (χ1v) is 8.94. The van der Waals surface area contributed by atoms with Gasteiger partial charge >= 0.3 is 0 Å². The van der Waals surface area contributed by atoms with E-state index >= 15 is 0 Å². The van der Waals surface area contributed by atoms with Crippen LogP contribution in [0.1, 0.15) is 19.4 Å². The first-order chi connectivity index (χ1) is 12.8. The number of nitrogens with one attached hydrogen (secondary N) is 2. The summed E-state index contributed by atoms with van der Waals surface area (Å²) in [6, 6.07) is 10.3. The maximum atomic E-state index is 12.7. The van der Waals surface area contributed by atoms with E-state index in [2.05, 4.69) is 10.6 Å². The Morgan fingerprint density at radius 1 is 0.926 bits per heavy atom. The number of rotatable bonds is 4. The van der Waals surface area contributed by atoms with Gasteiger partial charge in [0.15, 0.2) is 11.5 Å². The number of amides is 2. The Morgan fingerprint density at radius 3 is 2.11 bits per heavy atom. The number of hydrogen-bond donors (Lipinski definition) is 2. The highest BCUT2D eigenvalue weighted by Gasteiger charge is 2.36. The molecule has 2 N–H and O–H groups in total. The van der Waals surface area contributed by atoms with Crippen LogP contribution in [0, 0.1) is 12.3 Å². The molecule has 1 heterocycles. The average molecular weight is 389 g/mol. The summed E-state index contributed by atoms with van der Waals surface area (Å²) < 4.78 is 11.0. The average Bonchev–Trinajstić information content (AvgIpc) is 2.64. The SMILES string of the molecule is Cc1ccc(NC(=O)C(C)(C)C(=O)Nc2ccc3c(c2)OCCO3)cc1Cl. The highest BCUT2D eigenvalue weighted by Crippen LogP contribution is 2.33. The van der Waals surface area contributed by atoms with Gasteiger partial charge in [0.2, 0.25) is 11.8 Å². The monoisotopic (exact) mass is 388 g/mol. The zero-order valence-electron chi connectivity index (χ0n) is 15.4. The van der Waals surface area contributed by atoms with Crippen molar-refractivity contribution in [1.29, 1.82) is 0 Å². The highest BCUT2D eigenvalue weighted by molar-refractivity contribution is 6.31. The van der Waals surface area contributed by atoms with Gasteiger partial charge in [0.1, 0.15) is 18.6 Å². The molecule has 1 aliphatic rings. The molecule has 27 heavy (non-hydrogen) atoms. The summed E-state index contributed by atoms with van der Waals surface area (Å²) in [7, 11) is 0. The van der Waals surface area contributed by atoms with Crippen LogP contribution in [0.5, 0.6) is 11.5 Å². The van der Waals surface area contributed by atoms with Gasteiger partial charge in [0.25, 0.3) is 0 Å². The summed E-state index contributed by atoms with van der Waals surface area (Å²) in [5.74, 6) is 0.329. The van der Waals surface area contributed by atoms with Crippen LogP contribution in [-0.4, -0.2) is 25.0 Å². The summed E-state index contributed by atoms with van der Waals surface area (Å²) in [6.45, 7) is 5.95. The fourth-order valence-corrected chi connectivity index (χ4v) is 2.65. The molecule has 0 fully saturated rings. The number of hydrogen-bond acceptors (Lipinski definition) is 4. The van der Waals surface area contributed by atoms with E-state index in [1.807, 2.05) is 6.92 Å². The summed E-state index contributed by atoms with van der Waals surface area (Å²) in [6.07, 6.45) is 0. The van der Waals surface area contributed by atoms with Crippen LogP contribution in [0.25, 0.3) is 0 Å². The molecule has 0 spiro atoms. The number of carbonyl (C=O) groups is 2. The molecule has 0 radical (unpaired) electrons. The van der Waals surface area contributed by atoms with Crippen molar-refractivity contribution < 1.29 is 19.1 Å². The lowest BCUT2D eigenvalue weighted by molar-refractivity contribution is -0.135. The van der Waals surface area contributed by atoms with Crippen LogP contribution >= 0.6 is 11.6 Å². The van der Waals surface area contributed by atoms with Crippen LogP contribution in [0.15, 0.2) is 36.4 Å². The predicted molar refractivity (Wildman–Crippen MR) is 105 cm³/mol. The summed E-state index contributed by atoms with van der Waals surface area (Å²) >= 11 is 6.09. The van der Waals surface area contributed by atoms with Crippen molar-refractivity contribution in [2.24, 2.45) is 5.41 Å². The third-order valence-electron chi connectivity index (χ3n) is 4.37. The molecular weight excluding hydrogens is 368 g/mol. The molecule has 0 unspecified atom stereocenters. The van der Waals surface area contributed by atoms with Gasteiger partial charge in [0, 0.05) is 22.5 Å². The lowest BCUT2D eigenvalue weighted by Crippen LogP contribution is -2.41. The van der Waals surface area contributed by atoms with E-state index in [0.29, 0.717) is 41.1 Å². The number of fused-ring (bicyclic) bond motifs is 1. The van der Waals surface area contributed by atoms with Gasteiger partial charge in [-0.15, -0.1) is 0 Å². The summed E-state index contributed by atoms with van der Waals surface area (Å²) in [4.78, 5) is 25.3. The largest absolute Gasteiger partial charge is 0.486 e. The molecule has 2 amide bonds. The van der Waals surface area contributed by atoms with E-state index in [9.17, 15) is 9.59 Å². The quantitative estimate of drug-likeness (QED) is 0.775. The molecule has 0 aliphatic carbocycles. The Hall–Kier alpha value is -2.73. The maximum Gasteiger partial charge on any atom is 0.239 e. The summed E-state index contributed by atoms with van der Waals surface area (Å²) in [5, 5.41) is 6.04. The van der Waals surface area contributed by atoms with E-state index in [1.54, 1.807) is 50.2 Å². The second-order valence-electron chi connectivity index (χ2n) is 6.86. The molecule has 2 aromatic rings. The van der Waals surface area contributed by atoms with Gasteiger partial charge in [-0.1, -0.05) is 17.7 Å². The molecule has 0 saturated heterocycles. The van der Waals surface area contributed by atoms with Crippen molar-refractivity contribution in [3.8, 4) is 11.5 Å². The molecule has 2 aromatic carbocycles. The number of halogens is 1. The lowest BCUT2D eigenvalue weighted by atomic mass is 9.90. The van der Waals surface area contributed by atoms with Crippen molar-refractivity contribution in [2.75, 3.05) is 23.8 Å². The van der Waals surface area contributed by atoms with Crippen LogP contribution in [0.2, 0.25) is 5.02 Å². The minimum absolute atomic E-state index is 0.433. The van der Waals surface area contributed by atoms with E-state index < -0.39 is 17.2 Å². The first-order valence-electron chi connectivity index (χ1n) is 8.56. The third-order valence-corrected chi connectivity index (χ3v) is 4.77. The molecule has 142 valence electrons. The van der Waals surface area contributed by atoms with Gasteiger partial charge < -0.3 is 20.1 Å². The number of carbonyl (C=O) groups excluding carboxylic acids is 2. The zero-order chi connectivity index (χ0) is 19.6.